The Morgan fingerprint density at radius 1 is 1.47 bits per heavy atom. The van der Waals surface area contributed by atoms with E-state index in [4.69, 9.17) is 9.83 Å². The molecule has 0 spiro atoms. The van der Waals surface area contributed by atoms with E-state index in [0.29, 0.717) is 5.84 Å². The van der Waals surface area contributed by atoms with E-state index in [1.54, 1.807) is 6.26 Å². The maximum absolute atomic E-state index is 8.01. The van der Waals surface area contributed by atoms with Gasteiger partial charge in [-0.3, -0.25) is 5.41 Å². The number of hydrogen-bond acceptors (Lipinski definition) is 2. The summed E-state index contributed by atoms with van der Waals surface area (Å²) in [6.07, 6.45) is 1.69. The van der Waals surface area contributed by atoms with Gasteiger partial charge >= 0.3 is 0 Å². The highest BCUT2D eigenvalue weighted by atomic mass is 16.3. The lowest BCUT2D eigenvalue weighted by atomic mass is 9.94. The van der Waals surface area contributed by atoms with Gasteiger partial charge in [-0.15, -0.1) is 0 Å². The highest BCUT2D eigenvalue weighted by Gasteiger charge is 2.21. The van der Waals surface area contributed by atoms with Crippen molar-refractivity contribution >= 4 is 5.84 Å². The molecule has 84 valence electrons. The predicted molar refractivity (Wildman–Crippen MR) is 62.1 cm³/mol. The number of furan rings is 1. The van der Waals surface area contributed by atoms with Crippen LogP contribution in [-0.2, 0) is 6.54 Å². The first-order chi connectivity index (χ1) is 6.82. The number of nitrogens with one attached hydrogen (secondary N) is 1. The number of rotatable bonds is 2. The molecule has 15 heavy (non-hydrogen) atoms. The molecule has 0 aliphatic carbocycles. The number of aryl methyl sites for hydroxylation is 1. The molecule has 0 bridgehead atoms. The maximum Gasteiger partial charge on any atom is 0.105 e. The van der Waals surface area contributed by atoms with Crippen LogP contribution in [-0.4, -0.2) is 17.8 Å². The molecule has 1 N–H and O–H groups in total. The van der Waals surface area contributed by atoms with Gasteiger partial charge in [0.05, 0.1) is 6.26 Å². The SMILES string of the molecule is Cc1occc1CN(C)C(=N)C(C)(C)C. The van der Waals surface area contributed by atoms with Crippen molar-refractivity contribution in [2.75, 3.05) is 7.05 Å². The number of nitrogens with zero attached hydrogens (tertiary/aromatic N) is 1. The van der Waals surface area contributed by atoms with Crippen molar-refractivity contribution in [2.24, 2.45) is 5.41 Å². The van der Waals surface area contributed by atoms with Crippen LogP contribution in [0.4, 0.5) is 0 Å². The van der Waals surface area contributed by atoms with Crippen LogP contribution < -0.4 is 0 Å². The Morgan fingerprint density at radius 3 is 2.47 bits per heavy atom. The first kappa shape index (κ1) is 11.8. The zero-order valence-corrected chi connectivity index (χ0v) is 10.2. The van der Waals surface area contributed by atoms with E-state index in [1.807, 2.05) is 45.7 Å². The van der Waals surface area contributed by atoms with Crippen LogP contribution in [0, 0.1) is 17.7 Å². The summed E-state index contributed by atoms with van der Waals surface area (Å²) in [7, 11) is 1.94. The van der Waals surface area contributed by atoms with Gasteiger partial charge in [0.15, 0.2) is 0 Å². The van der Waals surface area contributed by atoms with Crippen LogP contribution >= 0.6 is 0 Å². The molecule has 0 aliphatic heterocycles. The Balaban J connectivity index is 2.68. The highest BCUT2D eigenvalue weighted by Crippen LogP contribution is 2.19. The summed E-state index contributed by atoms with van der Waals surface area (Å²) in [4.78, 5) is 1.96. The molecule has 0 amide bonds. The molecule has 1 aromatic heterocycles. The van der Waals surface area contributed by atoms with Crippen LogP contribution in [0.25, 0.3) is 0 Å². The van der Waals surface area contributed by atoms with Gasteiger partial charge in [-0.05, 0) is 13.0 Å². The lowest BCUT2D eigenvalue weighted by Gasteiger charge is -2.29. The van der Waals surface area contributed by atoms with E-state index in [2.05, 4.69) is 0 Å². The Bertz CT molecular complexity index is 347. The molecule has 1 heterocycles. The smallest absolute Gasteiger partial charge is 0.105 e. The fraction of sp³-hybridized carbons (Fsp3) is 0.583. The molecule has 1 rings (SSSR count). The topological polar surface area (TPSA) is 40.2 Å². The Morgan fingerprint density at radius 2 is 2.07 bits per heavy atom. The van der Waals surface area contributed by atoms with E-state index in [0.717, 1.165) is 17.9 Å². The second-order valence-corrected chi connectivity index (χ2v) is 4.96. The van der Waals surface area contributed by atoms with Crippen molar-refractivity contribution in [3.63, 3.8) is 0 Å². The molecule has 0 fully saturated rings. The lowest BCUT2D eigenvalue weighted by Crippen LogP contribution is -2.35. The third-order valence-electron chi connectivity index (χ3n) is 2.47. The summed E-state index contributed by atoms with van der Waals surface area (Å²) in [5.41, 5.74) is 1.04. The fourth-order valence-electron chi connectivity index (χ4n) is 1.48. The van der Waals surface area contributed by atoms with Crippen LogP contribution in [0.2, 0.25) is 0 Å². The summed E-state index contributed by atoms with van der Waals surface area (Å²) in [6.45, 7) is 8.83. The molecule has 0 aliphatic rings. The Labute approximate surface area is 91.6 Å². The van der Waals surface area contributed by atoms with Gasteiger partial charge in [-0.25, -0.2) is 0 Å². The van der Waals surface area contributed by atoms with E-state index in [1.165, 1.54) is 0 Å². The van der Waals surface area contributed by atoms with Crippen molar-refractivity contribution in [3.05, 3.63) is 23.7 Å². The third-order valence-corrected chi connectivity index (χ3v) is 2.47. The summed E-state index contributed by atoms with van der Waals surface area (Å²) in [5, 5.41) is 8.01. The molecule has 3 nitrogen and oxygen atoms in total. The summed E-state index contributed by atoms with van der Waals surface area (Å²) >= 11 is 0. The van der Waals surface area contributed by atoms with E-state index < -0.39 is 0 Å². The molecule has 0 atom stereocenters. The monoisotopic (exact) mass is 208 g/mol. The molecule has 3 heteroatoms. The Kier molecular flexibility index (Phi) is 3.22. The first-order valence-electron chi connectivity index (χ1n) is 5.15. The maximum atomic E-state index is 8.01. The fourth-order valence-corrected chi connectivity index (χ4v) is 1.48. The lowest BCUT2D eigenvalue weighted by molar-refractivity contribution is 0.413. The second kappa shape index (κ2) is 4.09. The van der Waals surface area contributed by atoms with E-state index in [9.17, 15) is 0 Å². The largest absolute Gasteiger partial charge is 0.469 e. The minimum absolute atomic E-state index is 0.105. The first-order valence-corrected chi connectivity index (χ1v) is 5.15. The van der Waals surface area contributed by atoms with Crippen molar-refractivity contribution in [1.29, 1.82) is 5.41 Å². The quantitative estimate of drug-likeness (QED) is 0.599. The van der Waals surface area contributed by atoms with Crippen LogP contribution in [0.15, 0.2) is 16.7 Å². The van der Waals surface area contributed by atoms with Crippen LogP contribution in [0.3, 0.4) is 0 Å². The number of amidine groups is 1. The standard InChI is InChI=1S/C12H20N2O/c1-9-10(6-7-15-9)8-14(5)11(13)12(2,3)4/h6-7,13H,8H2,1-5H3. The summed E-state index contributed by atoms with van der Waals surface area (Å²) < 4.78 is 5.23. The van der Waals surface area contributed by atoms with Gasteiger partial charge in [-0.2, -0.15) is 0 Å². The minimum atomic E-state index is -0.105. The molecule has 0 saturated carbocycles. The highest BCUT2D eigenvalue weighted by molar-refractivity contribution is 5.83. The van der Waals surface area contributed by atoms with Gasteiger partial charge in [0.1, 0.15) is 11.6 Å². The van der Waals surface area contributed by atoms with Crippen LogP contribution in [0.1, 0.15) is 32.1 Å². The molecular weight excluding hydrogens is 188 g/mol. The number of hydrogen-bond donors (Lipinski definition) is 1. The average molecular weight is 208 g/mol. The molecule has 0 unspecified atom stereocenters. The minimum Gasteiger partial charge on any atom is -0.469 e. The second-order valence-electron chi connectivity index (χ2n) is 4.96. The van der Waals surface area contributed by atoms with Crippen molar-refractivity contribution < 1.29 is 4.42 Å². The van der Waals surface area contributed by atoms with Gasteiger partial charge < -0.3 is 9.32 Å². The Hall–Kier alpha value is -1.25. The van der Waals surface area contributed by atoms with Crippen molar-refractivity contribution in [3.8, 4) is 0 Å². The zero-order valence-electron chi connectivity index (χ0n) is 10.2. The third kappa shape index (κ3) is 2.85. The molecule has 0 saturated heterocycles. The normalized spacial score (nSPS) is 11.5. The van der Waals surface area contributed by atoms with Gasteiger partial charge in [-0.1, -0.05) is 20.8 Å². The predicted octanol–water partition coefficient (Wildman–Crippen LogP) is 3.04. The van der Waals surface area contributed by atoms with Crippen molar-refractivity contribution in [1.82, 2.24) is 4.90 Å². The molecule has 0 radical (unpaired) electrons. The van der Waals surface area contributed by atoms with Gasteiger partial charge in [0.2, 0.25) is 0 Å². The van der Waals surface area contributed by atoms with Crippen LogP contribution in [0.5, 0.6) is 0 Å². The zero-order chi connectivity index (χ0) is 11.6. The summed E-state index contributed by atoms with van der Waals surface area (Å²) in [6, 6.07) is 1.96. The van der Waals surface area contributed by atoms with E-state index >= 15 is 0 Å². The molecule has 0 aromatic carbocycles. The molecular formula is C12H20N2O. The van der Waals surface area contributed by atoms with Gasteiger partial charge in [0, 0.05) is 24.6 Å². The summed E-state index contributed by atoms with van der Waals surface area (Å²) in [5.74, 6) is 1.58. The van der Waals surface area contributed by atoms with E-state index in [-0.39, 0.29) is 5.41 Å². The average Bonchev–Trinajstić information content (AvgIpc) is 2.49. The molecule has 1 aromatic rings. The van der Waals surface area contributed by atoms with Crippen molar-refractivity contribution in [2.45, 2.75) is 34.2 Å². The van der Waals surface area contributed by atoms with Gasteiger partial charge in [0.25, 0.3) is 0 Å².